The first-order valence-corrected chi connectivity index (χ1v) is 2.75. The summed E-state index contributed by atoms with van der Waals surface area (Å²) in [6.07, 6.45) is 0. The summed E-state index contributed by atoms with van der Waals surface area (Å²) in [6, 6.07) is 3.09. The van der Waals surface area contributed by atoms with Crippen LogP contribution in [0.5, 0.6) is 0 Å². The molecule has 1 rings (SSSR count). The fourth-order valence-corrected chi connectivity index (χ4v) is 0.761. The second kappa shape index (κ2) is 2.11. The zero-order valence-electron chi connectivity index (χ0n) is 4.63. The molecule has 0 bridgehead atoms. The first-order valence-electron chi connectivity index (χ1n) is 2.37. The van der Waals surface area contributed by atoms with Crippen LogP contribution in [0.15, 0.2) is 12.1 Å². The molecule has 0 aliphatic carbocycles. The minimum Gasteiger partial charge on any atom is -0.399 e. The van der Waals surface area contributed by atoms with E-state index in [1.165, 1.54) is 6.07 Å². The summed E-state index contributed by atoms with van der Waals surface area (Å²) in [4.78, 5) is 3.70. The fraction of sp³-hybridized carbons (Fsp3) is 0. The SMILES string of the molecule is Nc1cc(N)nc(Cl)c1. The van der Waals surface area contributed by atoms with Crippen LogP contribution in [0.25, 0.3) is 0 Å². The third-order valence-electron chi connectivity index (χ3n) is 0.836. The summed E-state index contributed by atoms with van der Waals surface area (Å²) in [7, 11) is 0. The van der Waals surface area contributed by atoms with Gasteiger partial charge in [0, 0.05) is 11.8 Å². The van der Waals surface area contributed by atoms with E-state index in [1.54, 1.807) is 6.07 Å². The second-order valence-electron chi connectivity index (χ2n) is 1.65. The molecule has 1 aromatic rings. The highest BCUT2D eigenvalue weighted by atomic mass is 35.5. The van der Waals surface area contributed by atoms with Crippen molar-refractivity contribution in [3.8, 4) is 0 Å². The van der Waals surface area contributed by atoms with Gasteiger partial charge in [-0.3, -0.25) is 0 Å². The van der Waals surface area contributed by atoms with Crippen LogP contribution in [0.4, 0.5) is 11.5 Å². The molecule has 0 saturated heterocycles. The average molecular weight is 144 g/mol. The number of rotatable bonds is 0. The van der Waals surface area contributed by atoms with Gasteiger partial charge in [-0.2, -0.15) is 0 Å². The van der Waals surface area contributed by atoms with Crippen LogP contribution < -0.4 is 11.5 Å². The first-order chi connectivity index (χ1) is 4.18. The Labute approximate surface area is 57.6 Å². The summed E-state index contributed by atoms with van der Waals surface area (Å²) >= 11 is 5.48. The van der Waals surface area contributed by atoms with E-state index in [0.29, 0.717) is 16.7 Å². The fourth-order valence-electron chi connectivity index (χ4n) is 0.538. The van der Waals surface area contributed by atoms with Gasteiger partial charge in [0.15, 0.2) is 0 Å². The van der Waals surface area contributed by atoms with E-state index in [1.807, 2.05) is 0 Å². The topological polar surface area (TPSA) is 64.9 Å². The molecule has 1 aromatic heterocycles. The standard InChI is InChI=1S/C5H6ClN3/c6-4-1-3(7)2-5(8)9-4/h1-2H,(H4,7,8,9). The Kier molecular flexibility index (Phi) is 1.44. The predicted octanol–water partition coefficient (Wildman–Crippen LogP) is 0.899. The molecule has 4 heteroatoms. The van der Waals surface area contributed by atoms with Gasteiger partial charge >= 0.3 is 0 Å². The van der Waals surface area contributed by atoms with E-state index in [4.69, 9.17) is 23.1 Å². The van der Waals surface area contributed by atoms with E-state index in [-0.39, 0.29) is 0 Å². The molecule has 0 atom stereocenters. The van der Waals surface area contributed by atoms with E-state index in [2.05, 4.69) is 4.98 Å². The number of halogens is 1. The number of hydrogen-bond donors (Lipinski definition) is 2. The van der Waals surface area contributed by atoms with Crippen molar-refractivity contribution in [2.45, 2.75) is 0 Å². The zero-order valence-corrected chi connectivity index (χ0v) is 5.39. The zero-order chi connectivity index (χ0) is 6.85. The molecule has 0 radical (unpaired) electrons. The highest BCUT2D eigenvalue weighted by molar-refractivity contribution is 6.29. The number of nitrogen functional groups attached to an aromatic ring is 2. The van der Waals surface area contributed by atoms with Crippen molar-refractivity contribution in [2.75, 3.05) is 11.5 Å². The smallest absolute Gasteiger partial charge is 0.133 e. The van der Waals surface area contributed by atoms with E-state index < -0.39 is 0 Å². The van der Waals surface area contributed by atoms with Crippen molar-refractivity contribution < 1.29 is 0 Å². The van der Waals surface area contributed by atoms with Gasteiger partial charge < -0.3 is 11.5 Å². The predicted molar refractivity (Wildman–Crippen MR) is 38.1 cm³/mol. The lowest BCUT2D eigenvalue weighted by Gasteiger charge is -1.94. The van der Waals surface area contributed by atoms with Crippen molar-refractivity contribution in [3.05, 3.63) is 17.3 Å². The third-order valence-corrected chi connectivity index (χ3v) is 1.03. The van der Waals surface area contributed by atoms with E-state index in [0.717, 1.165) is 0 Å². The molecule has 0 aliphatic rings. The van der Waals surface area contributed by atoms with Crippen molar-refractivity contribution in [2.24, 2.45) is 0 Å². The minimum absolute atomic E-state index is 0.326. The van der Waals surface area contributed by atoms with Gasteiger partial charge in [-0.15, -0.1) is 0 Å². The molecule has 0 fully saturated rings. The molecule has 0 saturated carbocycles. The Balaban J connectivity index is 3.17. The van der Waals surface area contributed by atoms with E-state index >= 15 is 0 Å². The van der Waals surface area contributed by atoms with Crippen LogP contribution in [-0.4, -0.2) is 4.98 Å². The molecule has 0 spiro atoms. The molecule has 0 aliphatic heterocycles. The quantitative estimate of drug-likeness (QED) is 0.531. The van der Waals surface area contributed by atoms with Gasteiger partial charge in [0.25, 0.3) is 0 Å². The number of pyridine rings is 1. The second-order valence-corrected chi connectivity index (χ2v) is 2.04. The maximum atomic E-state index is 5.48. The monoisotopic (exact) mass is 143 g/mol. The highest BCUT2D eigenvalue weighted by Gasteiger charge is 1.91. The number of hydrogen-bond acceptors (Lipinski definition) is 3. The van der Waals surface area contributed by atoms with Crippen LogP contribution in [0, 0.1) is 0 Å². The minimum atomic E-state index is 0.326. The average Bonchev–Trinajstić information content (AvgIpc) is 1.59. The van der Waals surface area contributed by atoms with Gasteiger partial charge in [0.2, 0.25) is 0 Å². The molecule has 0 amide bonds. The van der Waals surface area contributed by atoms with Gasteiger partial charge in [-0.05, 0) is 6.07 Å². The van der Waals surface area contributed by atoms with Crippen LogP contribution in [0.3, 0.4) is 0 Å². The Morgan fingerprint density at radius 3 is 2.44 bits per heavy atom. The van der Waals surface area contributed by atoms with Gasteiger partial charge in [0.05, 0.1) is 0 Å². The number of aromatic nitrogens is 1. The first kappa shape index (κ1) is 6.16. The third kappa shape index (κ3) is 1.47. The highest BCUT2D eigenvalue weighted by Crippen LogP contribution is 2.12. The van der Waals surface area contributed by atoms with E-state index in [9.17, 15) is 0 Å². The van der Waals surface area contributed by atoms with Gasteiger partial charge in [0.1, 0.15) is 11.0 Å². The van der Waals surface area contributed by atoms with Gasteiger partial charge in [-0.1, -0.05) is 11.6 Å². The van der Waals surface area contributed by atoms with Gasteiger partial charge in [-0.25, -0.2) is 4.98 Å². The Morgan fingerprint density at radius 2 is 2.00 bits per heavy atom. The number of nitrogens with zero attached hydrogens (tertiary/aromatic N) is 1. The van der Waals surface area contributed by atoms with Crippen LogP contribution >= 0.6 is 11.6 Å². The summed E-state index contributed by atoms with van der Waals surface area (Å²) in [5, 5.41) is 0.326. The lowest BCUT2D eigenvalue weighted by Crippen LogP contribution is -1.92. The lowest BCUT2D eigenvalue weighted by atomic mass is 10.4. The molecule has 0 unspecified atom stereocenters. The van der Waals surface area contributed by atoms with Crippen LogP contribution in [0.1, 0.15) is 0 Å². The van der Waals surface area contributed by atoms with Crippen LogP contribution in [-0.2, 0) is 0 Å². The molecule has 0 aromatic carbocycles. The maximum Gasteiger partial charge on any atom is 0.133 e. The summed E-state index contributed by atoms with van der Waals surface area (Å²) < 4.78 is 0. The summed E-state index contributed by atoms with van der Waals surface area (Å²) in [6.45, 7) is 0. The molecule has 3 nitrogen and oxygen atoms in total. The lowest BCUT2D eigenvalue weighted by molar-refractivity contribution is 1.34. The summed E-state index contributed by atoms with van der Waals surface area (Å²) in [5.74, 6) is 0.347. The molecular weight excluding hydrogens is 138 g/mol. The van der Waals surface area contributed by atoms with Crippen molar-refractivity contribution >= 4 is 23.1 Å². The molecule has 48 valence electrons. The molecule has 4 N–H and O–H groups in total. The van der Waals surface area contributed by atoms with Crippen LogP contribution in [0.2, 0.25) is 5.15 Å². The number of nitrogens with two attached hydrogens (primary N) is 2. The Hall–Kier alpha value is -0.960. The normalized spacial score (nSPS) is 9.44. The maximum absolute atomic E-state index is 5.48. The largest absolute Gasteiger partial charge is 0.399 e. The molecule has 9 heavy (non-hydrogen) atoms. The van der Waals surface area contributed by atoms with Crippen molar-refractivity contribution in [3.63, 3.8) is 0 Å². The summed E-state index contributed by atoms with van der Waals surface area (Å²) in [5.41, 5.74) is 11.2. The number of anilines is 2. The van der Waals surface area contributed by atoms with Crippen molar-refractivity contribution in [1.82, 2.24) is 4.98 Å². The Bertz CT molecular complexity index is 173. The Morgan fingerprint density at radius 1 is 1.33 bits per heavy atom. The molecule has 1 heterocycles. The molecular formula is C5H6ClN3. The van der Waals surface area contributed by atoms with Crippen molar-refractivity contribution in [1.29, 1.82) is 0 Å².